The maximum Gasteiger partial charge on any atom is 0.191 e. The lowest BCUT2D eigenvalue weighted by atomic mass is 10.1. The topological polar surface area (TPSA) is 59.9 Å². The van der Waals surface area contributed by atoms with Crippen LogP contribution >= 0.6 is 0 Å². The monoisotopic (exact) mass is 332 g/mol. The lowest BCUT2D eigenvalue weighted by molar-refractivity contribution is 0.0823. The number of hydrogen-bond acceptors (Lipinski definition) is 3. The zero-order chi connectivity index (χ0) is 17.2. The van der Waals surface area contributed by atoms with E-state index in [1.54, 1.807) is 0 Å². The van der Waals surface area contributed by atoms with Crippen molar-refractivity contribution >= 4 is 5.96 Å². The number of piperidine rings is 1. The van der Waals surface area contributed by atoms with Gasteiger partial charge >= 0.3 is 0 Å². The van der Waals surface area contributed by atoms with Crippen LogP contribution in [-0.4, -0.2) is 54.8 Å². The van der Waals surface area contributed by atoms with Gasteiger partial charge in [0, 0.05) is 26.2 Å². The number of aliphatic hydroxyl groups is 1. The van der Waals surface area contributed by atoms with Crippen LogP contribution in [0.1, 0.15) is 37.3 Å². The maximum absolute atomic E-state index is 9.54. The minimum atomic E-state index is -0.0894. The van der Waals surface area contributed by atoms with Crippen molar-refractivity contribution in [1.82, 2.24) is 15.5 Å². The van der Waals surface area contributed by atoms with Gasteiger partial charge in [0.1, 0.15) is 0 Å². The highest BCUT2D eigenvalue weighted by atomic mass is 16.3. The highest BCUT2D eigenvalue weighted by molar-refractivity contribution is 5.79. The molecular weight excluding hydrogens is 300 g/mol. The number of aliphatic hydroxyl groups excluding tert-OH is 1. The van der Waals surface area contributed by atoms with E-state index in [4.69, 9.17) is 0 Å². The molecule has 1 saturated heterocycles. The molecule has 0 saturated carbocycles. The number of benzene rings is 1. The lowest BCUT2D eigenvalue weighted by Crippen LogP contribution is -2.40. The molecular formula is C19H32N4O. The van der Waals surface area contributed by atoms with E-state index < -0.39 is 0 Å². The summed E-state index contributed by atoms with van der Waals surface area (Å²) in [5, 5.41) is 16.3. The molecule has 134 valence electrons. The Bertz CT molecular complexity index is 510. The van der Waals surface area contributed by atoms with Gasteiger partial charge < -0.3 is 20.6 Å². The van der Waals surface area contributed by atoms with Gasteiger partial charge in [0.2, 0.25) is 0 Å². The molecule has 1 aliphatic heterocycles. The third-order valence-electron chi connectivity index (χ3n) is 4.35. The van der Waals surface area contributed by atoms with Crippen LogP contribution in [-0.2, 0) is 6.54 Å². The molecule has 24 heavy (non-hydrogen) atoms. The average Bonchev–Trinajstić information content (AvgIpc) is 2.58. The Kier molecular flexibility index (Phi) is 8.05. The van der Waals surface area contributed by atoms with Crippen molar-refractivity contribution in [2.45, 2.75) is 45.8 Å². The first-order valence-electron chi connectivity index (χ1n) is 9.15. The number of aliphatic imine (C=N–C) groups is 1. The minimum absolute atomic E-state index is 0.0894. The predicted molar refractivity (Wildman–Crippen MR) is 100 cm³/mol. The molecule has 1 aromatic rings. The van der Waals surface area contributed by atoms with Gasteiger partial charge in [0.15, 0.2) is 5.96 Å². The summed E-state index contributed by atoms with van der Waals surface area (Å²) in [5.41, 5.74) is 2.51. The zero-order valence-corrected chi connectivity index (χ0v) is 15.1. The zero-order valence-electron chi connectivity index (χ0n) is 15.1. The Morgan fingerprint density at radius 1 is 1.29 bits per heavy atom. The first-order chi connectivity index (χ1) is 11.7. The number of guanidine groups is 1. The van der Waals surface area contributed by atoms with Crippen molar-refractivity contribution in [1.29, 1.82) is 0 Å². The number of nitrogens with one attached hydrogen (secondary N) is 2. The van der Waals surface area contributed by atoms with Gasteiger partial charge in [-0.15, -0.1) is 0 Å². The number of aryl methyl sites for hydroxylation is 1. The van der Waals surface area contributed by atoms with Gasteiger partial charge in [0.05, 0.1) is 12.6 Å². The van der Waals surface area contributed by atoms with E-state index in [-0.39, 0.29) is 6.10 Å². The fourth-order valence-corrected chi connectivity index (χ4v) is 2.97. The summed E-state index contributed by atoms with van der Waals surface area (Å²) in [4.78, 5) is 7.10. The van der Waals surface area contributed by atoms with Crippen molar-refractivity contribution in [3.05, 3.63) is 35.4 Å². The summed E-state index contributed by atoms with van der Waals surface area (Å²) in [6.07, 6.45) is 2.82. The van der Waals surface area contributed by atoms with Gasteiger partial charge in [-0.25, -0.2) is 4.99 Å². The van der Waals surface area contributed by atoms with Crippen molar-refractivity contribution in [3.8, 4) is 0 Å². The number of nitrogens with zero attached hydrogens (tertiary/aromatic N) is 2. The van der Waals surface area contributed by atoms with Crippen molar-refractivity contribution < 1.29 is 5.11 Å². The molecule has 3 N–H and O–H groups in total. The molecule has 0 bridgehead atoms. The second-order valence-electron chi connectivity index (χ2n) is 6.54. The SMILES string of the molecule is CCNC(=NCc1cccc(C)c1)NCCCN1CCC(O)CC1. The van der Waals surface area contributed by atoms with Crippen LogP contribution in [0.5, 0.6) is 0 Å². The Balaban J connectivity index is 1.71. The molecule has 1 fully saturated rings. The summed E-state index contributed by atoms with van der Waals surface area (Å²) in [6, 6.07) is 8.48. The van der Waals surface area contributed by atoms with E-state index in [1.165, 1.54) is 11.1 Å². The van der Waals surface area contributed by atoms with Crippen LogP contribution in [0, 0.1) is 6.92 Å². The van der Waals surface area contributed by atoms with Crippen LogP contribution in [0.2, 0.25) is 0 Å². The molecule has 0 radical (unpaired) electrons. The number of hydrogen-bond donors (Lipinski definition) is 3. The standard InChI is InChI=1S/C19H32N4O/c1-3-20-19(22-15-17-7-4-6-16(2)14-17)21-10-5-11-23-12-8-18(24)9-13-23/h4,6-7,14,18,24H,3,5,8-13,15H2,1-2H3,(H2,20,21,22). The van der Waals surface area contributed by atoms with Gasteiger partial charge in [-0.1, -0.05) is 29.8 Å². The molecule has 0 amide bonds. The van der Waals surface area contributed by atoms with Crippen LogP contribution in [0.25, 0.3) is 0 Å². The number of rotatable bonds is 7. The predicted octanol–water partition coefficient (Wildman–Crippen LogP) is 1.90. The summed E-state index contributed by atoms with van der Waals surface area (Å²) in [5.74, 6) is 0.882. The first kappa shape index (κ1) is 18.7. The summed E-state index contributed by atoms with van der Waals surface area (Å²) < 4.78 is 0. The van der Waals surface area contributed by atoms with Crippen molar-refractivity contribution in [2.24, 2.45) is 4.99 Å². The minimum Gasteiger partial charge on any atom is -0.393 e. The Hall–Kier alpha value is -1.59. The Morgan fingerprint density at radius 3 is 2.79 bits per heavy atom. The van der Waals surface area contributed by atoms with E-state index in [0.717, 1.165) is 57.9 Å². The van der Waals surface area contributed by atoms with Gasteiger partial charge in [0.25, 0.3) is 0 Å². The Morgan fingerprint density at radius 2 is 2.08 bits per heavy atom. The highest BCUT2D eigenvalue weighted by Gasteiger charge is 2.15. The summed E-state index contributed by atoms with van der Waals surface area (Å²) in [6.45, 7) is 9.78. The van der Waals surface area contributed by atoms with Crippen LogP contribution in [0.4, 0.5) is 0 Å². The average molecular weight is 332 g/mol. The van der Waals surface area contributed by atoms with Crippen LogP contribution in [0.15, 0.2) is 29.3 Å². The molecule has 0 aliphatic carbocycles. The largest absolute Gasteiger partial charge is 0.393 e. The first-order valence-corrected chi connectivity index (χ1v) is 9.15. The van der Waals surface area contributed by atoms with Crippen molar-refractivity contribution in [3.63, 3.8) is 0 Å². The van der Waals surface area contributed by atoms with E-state index in [2.05, 4.69) is 58.6 Å². The molecule has 0 atom stereocenters. The second-order valence-corrected chi connectivity index (χ2v) is 6.54. The van der Waals surface area contributed by atoms with E-state index >= 15 is 0 Å². The normalized spacial score (nSPS) is 17.0. The van der Waals surface area contributed by atoms with Crippen LogP contribution in [0.3, 0.4) is 0 Å². The lowest BCUT2D eigenvalue weighted by Gasteiger charge is -2.29. The summed E-state index contributed by atoms with van der Waals surface area (Å²) >= 11 is 0. The smallest absolute Gasteiger partial charge is 0.191 e. The fraction of sp³-hybridized carbons (Fsp3) is 0.632. The molecule has 5 nitrogen and oxygen atoms in total. The molecule has 0 spiro atoms. The summed E-state index contributed by atoms with van der Waals surface area (Å²) in [7, 11) is 0. The molecule has 0 aromatic heterocycles. The van der Waals surface area contributed by atoms with Crippen molar-refractivity contribution in [2.75, 3.05) is 32.7 Å². The molecule has 0 unspecified atom stereocenters. The third-order valence-corrected chi connectivity index (χ3v) is 4.35. The Labute approximate surface area is 146 Å². The van der Waals surface area contributed by atoms with E-state index in [1.807, 2.05) is 0 Å². The van der Waals surface area contributed by atoms with E-state index in [9.17, 15) is 5.11 Å². The molecule has 1 heterocycles. The molecule has 2 rings (SSSR count). The maximum atomic E-state index is 9.54. The van der Waals surface area contributed by atoms with Gasteiger partial charge in [-0.3, -0.25) is 0 Å². The van der Waals surface area contributed by atoms with Gasteiger partial charge in [-0.05, 0) is 45.2 Å². The number of likely N-dealkylation sites (tertiary alicyclic amines) is 1. The van der Waals surface area contributed by atoms with Gasteiger partial charge in [-0.2, -0.15) is 0 Å². The fourth-order valence-electron chi connectivity index (χ4n) is 2.97. The highest BCUT2D eigenvalue weighted by Crippen LogP contribution is 2.09. The van der Waals surface area contributed by atoms with Crippen LogP contribution < -0.4 is 10.6 Å². The third kappa shape index (κ3) is 6.89. The molecule has 1 aromatic carbocycles. The second kappa shape index (κ2) is 10.3. The van der Waals surface area contributed by atoms with E-state index in [0.29, 0.717) is 6.54 Å². The quantitative estimate of drug-likeness (QED) is 0.405. The molecule has 5 heteroatoms. The molecule has 1 aliphatic rings.